The van der Waals surface area contributed by atoms with Gasteiger partial charge in [-0.2, -0.15) is 0 Å². The van der Waals surface area contributed by atoms with E-state index in [0.29, 0.717) is 22.8 Å². The minimum atomic E-state index is -0.349. The lowest BCUT2D eigenvalue weighted by Gasteiger charge is -2.29. The Morgan fingerprint density at radius 3 is 2.80 bits per heavy atom. The molecule has 1 heterocycles. The molecule has 0 aliphatic carbocycles. The fraction of sp³-hybridized carbons (Fsp3) is 0.188. The summed E-state index contributed by atoms with van der Waals surface area (Å²) >= 11 is 5.91. The SMILES string of the molecule is O=C(c1cccc(Cl)c1)N1CCCc2cccc(F)c21. The second-order valence-electron chi connectivity index (χ2n) is 4.82. The van der Waals surface area contributed by atoms with E-state index in [1.807, 2.05) is 6.07 Å². The molecule has 0 saturated heterocycles. The number of halogens is 2. The monoisotopic (exact) mass is 289 g/mol. The van der Waals surface area contributed by atoms with E-state index < -0.39 is 0 Å². The fourth-order valence-electron chi connectivity index (χ4n) is 2.58. The van der Waals surface area contributed by atoms with Crippen LogP contribution in [0.1, 0.15) is 22.3 Å². The minimum Gasteiger partial charge on any atom is -0.305 e. The summed E-state index contributed by atoms with van der Waals surface area (Å²) in [6.45, 7) is 0.527. The third-order valence-electron chi connectivity index (χ3n) is 3.48. The van der Waals surface area contributed by atoms with Crippen LogP contribution in [-0.2, 0) is 6.42 Å². The van der Waals surface area contributed by atoms with Crippen molar-refractivity contribution in [1.29, 1.82) is 0 Å². The van der Waals surface area contributed by atoms with Crippen LogP contribution in [0.4, 0.5) is 10.1 Å². The first kappa shape index (κ1) is 13.1. The van der Waals surface area contributed by atoms with E-state index in [1.165, 1.54) is 11.0 Å². The largest absolute Gasteiger partial charge is 0.305 e. The predicted octanol–water partition coefficient (Wildman–Crippen LogP) is 4.07. The van der Waals surface area contributed by atoms with Crippen molar-refractivity contribution in [3.8, 4) is 0 Å². The van der Waals surface area contributed by atoms with Gasteiger partial charge in [0.15, 0.2) is 0 Å². The zero-order valence-corrected chi connectivity index (χ0v) is 11.5. The zero-order valence-electron chi connectivity index (χ0n) is 10.8. The first-order valence-corrected chi connectivity index (χ1v) is 6.89. The molecule has 0 fully saturated rings. The van der Waals surface area contributed by atoms with Gasteiger partial charge in [0.25, 0.3) is 5.91 Å². The molecule has 0 N–H and O–H groups in total. The highest BCUT2D eigenvalue weighted by Crippen LogP contribution is 2.31. The van der Waals surface area contributed by atoms with Gasteiger partial charge in [-0.1, -0.05) is 29.8 Å². The van der Waals surface area contributed by atoms with Crippen LogP contribution >= 0.6 is 11.6 Å². The van der Waals surface area contributed by atoms with Crippen LogP contribution in [0.2, 0.25) is 5.02 Å². The lowest BCUT2D eigenvalue weighted by molar-refractivity contribution is 0.0984. The summed E-state index contributed by atoms with van der Waals surface area (Å²) in [5, 5.41) is 0.501. The van der Waals surface area contributed by atoms with Crippen LogP contribution in [0.5, 0.6) is 0 Å². The molecule has 2 nitrogen and oxygen atoms in total. The van der Waals surface area contributed by atoms with Gasteiger partial charge in [0, 0.05) is 17.1 Å². The van der Waals surface area contributed by atoms with E-state index in [4.69, 9.17) is 11.6 Å². The van der Waals surface area contributed by atoms with E-state index in [1.54, 1.807) is 30.3 Å². The van der Waals surface area contributed by atoms with Gasteiger partial charge in [-0.15, -0.1) is 0 Å². The molecule has 0 saturated carbocycles. The van der Waals surface area contributed by atoms with Crippen LogP contribution in [0.25, 0.3) is 0 Å². The second-order valence-corrected chi connectivity index (χ2v) is 5.25. The molecule has 0 spiro atoms. The topological polar surface area (TPSA) is 20.3 Å². The van der Waals surface area contributed by atoms with Gasteiger partial charge in [0.2, 0.25) is 0 Å². The van der Waals surface area contributed by atoms with E-state index >= 15 is 0 Å². The highest BCUT2D eigenvalue weighted by Gasteiger charge is 2.26. The van der Waals surface area contributed by atoms with Crippen molar-refractivity contribution in [2.75, 3.05) is 11.4 Å². The number of aryl methyl sites for hydroxylation is 1. The van der Waals surface area contributed by atoms with Crippen molar-refractivity contribution in [2.45, 2.75) is 12.8 Å². The number of carbonyl (C=O) groups excluding carboxylic acids is 1. The first-order valence-electron chi connectivity index (χ1n) is 6.51. The molecule has 1 amide bonds. The van der Waals surface area contributed by atoms with E-state index in [-0.39, 0.29) is 11.7 Å². The number of hydrogen-bond donors (Lipinski definition) is 0. The third kappa shape index (κ3) is 2.29. The molecule has 0 atom stereocenters. The van der Waals surface area contributed by atoms with E-state index in [2.05, 4.69) is 0 Å². The number of nitrogens with zero attached hydrogens (tertiary/aromatic N) is 1. The number of rotatable bonds is 1. The Labute approximate surface area is 121 Å². The summed E-state index contributed by atoms with van der Waals surface area (Å²) in [4.78, 5) is 14.1. The van der Waals surface area contributed by atoms with Gasteiger partial charge in [0.1, 0.15) is 5.82 Å². The number of para-hydroxylation sites is 1. The molecule has 4 heteroatoms. The van der Waals surface area contributed by atoms with Gasteiger partial charge in [-0.3, -0.25) is 4.79 Å². The Hall–Kier alpha value is -1.87. The molecule has 102 valence electrons. The van der Waals surface area contributed by atoms with E-state index in [0.717, 1.165) is 18.4 Å². The summed E-state index contributed by atoms with van der Waals surface area (Å²) in [6.07, 6.45) is 1.63. The number of hydrogen-bond acceptors (Lipinski definition) is 1. The van der Waals surface area contributed by atoms with Crippen LogP contribution in [0.3, 0.4) is 0 Å². The highest BCUT2D eigenvalue weighted by molar-refractivity contribution is 6.31. The van der Waals surface area contributed by atoms with Gasteiger partial charge in [0.05, 0.1) is 5.69 Å². The second kappa shape index (κ2) is 5.25. The molecular formula is C16H13ClFNO. The van der Waals surface area contributed by atoms with Crippen molar-refractivity contribution in [3.05, 3.63) is 64.4 Å². The lowest BCUT2D eigenvalue weighted by Crippen LogP contribution is -2.36. The van der Waals surface area contributed by atoms with Crippen LogP contribution in [0, 0.1) is 5.82 Å². The average molecular weight is 290 g/mol. The summed E-state index contributed by atoms with van der Waals surface area (Å²) in [5.74, 6) is -0.559. The molecular weight excluding hydrogens is 277 g/mol. The molecule has 3 rings (SSSR count). The molecule has 2 aromatic rings. The zero-order chi connectivity index (χ0) is 14.1. The summed E-state index contributed by atoms with van der Waals surface area (Å²) in [5.41, 5.74) is 1.77. The molecule has 0 unspecified atom stereocenters. The first-order chi connectivity index (χ1) is 9.66. The van der Waals surface area contributed by atoms with Gasteiger partial charge in [-0.25, -0.2) is 4.39 Å². The smallest absolute Gasteiger partial charge is 0.258 e. The van der Waals surface area contributed by atoms with Crippen molar-refractivity contribution < 1.29 is 9.18 Å². The number of amides is 1. The van der Waals surface area contributed by atoms with Crippen LogP contribution in [-0.4, -0.2) is 12.5 Å². The molecule has 20 heavy (non-hydrogen) atoms. The van der Waals surface area contributed by atoms with Crippen molar-refractivity contribution in [3.63, 3.8) is 0 Å². The summed E-state index contributed by atoms with van der Waals surface area (Å²) < 4.78 is 14.1. The predicted molar refractivity (Wildman–Crippen MR) is 77.8 cm³/mol. The quantitative estimate of drug-likeness (QED) is 0.775. The third-order valence-corrected chi connectivity index (χ3v) is 3.72. The minimum absolute atomic E-state index is 0.210. The van der Waals surface area contributed by atoms with Gasteiger partial charge in [-0.05, 0) is 42.7 Å². The molecule has 0 bridgehead atoms. The summed E-state index contributed by atoms with van der Waals surface area (Å²) in [6, 6.07) is 11.7. The van der Waals surface area contributed by atoms with Gasteiger partial charge >= 0.3 is 0 Å². The fourth-order valence-corrected chi connectivity index (χ4v) is 2.77. The van der Waals surface area contributed by atoms with Crippen molar-refractivity contribution in [1.82, 2.24) is 0 Å². The Kier molecular flexibility index (Phi) is 3.45. The number of anilines is 1. The summed E-state index contributed by atoms with van der Waals surface area (Å²) in [7, 11) is 0. The van der Waals surface area contributed by atoms with Crippen molar-refractivity contribution in [2.24, 2.45) is 0 Å². The lowest BCUT2D eigenvalue weighted by atomic mass is 10.0. The highest BCUT2D eigenvalue weighted by atomic mass is 35.5. The number of fused-ring (bicyclic) bond motifs is 1. The molecule has 0 aromatic heterocycles. The maximum absolute atomic E-state index is 14.1. The number of benzene rings is 2. The standard InChI is InChI=1S/C16H13ClFNO/c17-13-7-1-5-12(10-13)16(20)19-9-3-6-11-4-2-8-14(18)15(11)19/h1-2,4-5,7-8,10H,3,6,9H2. The Morgan fingerprint density at radius 1 is 1.20 bits per heavy atom. The van der Waals surface area contributed by atoms with Crippen LogP contribution < -0.4 is 4.90 Å². The number of carbonyl (C=O) groups is 1. The molecule has 1 aliphatic rings. The average Bonchev–Trinajstić information content (AvgIpc) is 2.46. The van der Waals surface area contributed by atoms with Gasteiger partial charge < -0.3 is 4.90 Å². The van der Waals surface area contributed by atoms with Crippen LogP contribution in [0.15, 0.2) is 42.5 Å². The molecule has 2 aromatic carbocycles. The Bertz CT molecular complexity index is 671. The normalized spacial score (nSPS) is 14.0. The van der Waals surface area contributed by atoms with Crippen molar-refractivity contribution >= 4 is 23.2 Å². The Morgan fingerprint density at radius 2 is 2.00 bits per heavy atom. The maximum atomic E-state index is 14.1. The molecule has 1 aliphatic heterocycles. The Balaban J connectivity index is 2.03. The van der Waals surface area contributed by atoms with E-state index in [9.17, 15) is 9.18 Å². The maximum Gasteiger partial charge on any atom is 0.258 e. The molecule has 0 radical (unpaired) electrons.